The Bertz CT molecular complexity index is 227. The molecule has 0 saturated carbocycles. The minimum absolute atomic E-state index is 0.713. The van der Waals surface area contributed by atoms with Gasteiger partial charge in [-0.25, -0.2) is 0 Å². The molecule has 0 aliphatic rings. The quantitative estimate of drug-likeness (QED) is 0.531. The van der Waals surface area contributed by atoms with Gasteiger partial charge in [-0.15, -0.1) is 0 Å². The lowest BCUT2D eigenvalue weighted by Crippen LogP contribution is -2.04. The monoisotopic (exact) mass is 135 g/mol. The average Bonchev–Trinajstić information content (AvgIpc) is 2.41. The van der Waals surface area contributed by atoms with Crippen molar-refractivity contribution in [3.8, 4) is 11.8 Å². The average molecular weight is 135 g/mol. The van der Waals surface area contributed by atoms with Crippen LogP contribution in [-0.4, -0.2) is 23.8 Å². The summed E-state index contributed by atoms with van der Waals surface area (Å²) in [5, 5.41) is 9.36. The van der Waals surface area contributed by atoms with Crippen LogP contribution in [0, 0.1) is 11.8 Å². The summed E-state index contributed by atoms with van der Waals surface area (Å²) >= 11 is 0. The van der Waals surface area contributed by atoms with E-state index in [1.807, 2.05) is 7.05 Å². The molecule has 0 spiro atoms. The van der Waals surface area contributed by atoms with Gasteiger partial charge in [0, 0.05) is 6.20 Å². The number of nitrogens with one attached hydrogen (secondary N) is 2. The summed E-state index contributed by atoms with van der Waals surface area (Å²) in [5.74, 6) is 5.84. The fraction of sp³-hybridized carbons (Fsp3) is 0.286. The predicted octanol–water partition coefficient (Wildman–Crippen LogP) is -0.0194. The van der Waals surface area contributed by atoms with Crippen molar-refractivity contribution in [1.82, 2.24) is 15.5 Å². The van der Waals surface area contributed by atoms with Crippen molar-refractivity contribution in [2.45, 2.75) is 0 Å². The predicted molar refractivity (Wildman–Crippen MR) is 39.4 cm³/mol. The lowest BCUT2D eigenvalue weighted by molar-refractivity contribution is 0.938. The molecule has 1 aromatic heterocycles. The van der Waals surface area contributed by atoms with Gasteiger partial charge >= 0.3 is 0 Å². The van der Waals surface area contributed by atoms with E-state index in [2.05, 4.69) is 27.4 Å². The number of rotatable bonds is 1. The van der Waals surface area contributed by atoms with Gasteiger partial charge in [0.25, 0.3) is 0 Å². The number of nitrogens with zero attached hydrogens (tertiary/aromatic N) is 1. The Morgan fingerprint density at radius 1 is 1.80 bits per heavy atom. The highest BCUT2D eigenvalue weighted by Gasteiger charge is 1.81. The smallest absolute Gasteiger partial charge is 0.0644 e. The molecule has 0 bridgehead atoms. The Morgan fingerprint density at radius 3 is 3.30 bits per heavy atom. The summed E-state index contributed by atoms with van der Waals surface area (Å²) in [4.78, 5) is 0. The molecule has 0 fully saturated rings. The van der Waals surface area contributed by atoms with E-state index in [9.17, 15) is 0 Å². The van der Waals surface area contributed by atoms with Gasteiger partial charge in [0.05, 0.1) is 18.3 Å². The zero-order valence-corrected chi connectivity index (χ0v) is 5.81. The highest BCUT2D eigenvalue weighted by molar-refractivity contribution is 5.29. The van der Waals surface area contributed by atoms with Crippen LogP contribution >= 0.6 is 0 Å². The molecular weight excluding hydrogens is 126 g/mol. The summed E-state index contributed by atoms with van der Waals surface area (Å²) in [5.41, 5.74) is 0.926. The Labute approximate surface area is 59.8 Å². The molecular formula is C7H9N3. The second-order valence-corrected chi connectivity index (χ2v) is 1.82. The highest BCUT2D eigenvalue weighted by Crippen LogP contribution is 1.87. The van der Waals surface area contributed by atoms with Crippen molar-refractivity contribution < 1.29 is 0 Å². The summed E-state index contributed by atoms with van der Waals surface area (Å²) in [7, 11) is 1.87. The van der Waals surface area contributed by atoms with Gasteiger partial charge in [0.15, 0.2) is 0 Å². The van der Waals surface area contributed by atoms with Crippen LogP contribution in [0.3, 0.4) is 0 Å². The number of aromatic nitrogens is 2. The highest BCUT2D eigenvalue weighted by atomic mass is 15.1. The molecule has 0 radical (unpaired) electrons. The Kier molecular flexibility index (Phi) is 2.53. The summed E-state index contributed by atoms with van der Waals surface area (Å²) < 4.78 is 0. The van der Waals surface area contributed by atoms with E-state index in [1.165, 1.54) is 0 Å². The van der Waals surface area contributed by atoms with Crippen LogP contribution < -0.4 is 5.32 Å². The molecule has 1 heterocycles. The fourth-order valence-electron chi connectivity index (χ4n) is 0.554. The topological polar surface area (TPSA) is 40.7 Å². The van der Waals surface area contributed by atoms with Crippen molar-refractivity contribution in [3.05, 3.63) is 18.0 Å². The SMILES string of the molecule is CNCC#Cc1cn[nH]c1. The first-order valence-corrected chi connectivity index (χ1v) is 3.05. The molecule has 0 aliphatic carbocycles. The second-order valence-electron chi connectivity index (χ2n) is 1.82. The zero-order chi connectivity index (χ0) is 7.23. The van der Waals surface area contributed by atoms with E-state index < -0.39 is 0 Å². The third-order valence-corrected chi connectivity index (χ3v) is 0.996. The summed E-state index contributed by atoms with van der Waals surface area (Å²) in [6, 6.07) is 0. The second kappa shape index (κ2) is 3.70. The fourth-order valence-corrected chi connectivity index (χ4v) is 0.554. The largest absolute Gasteiger partial charge is 0.309 e. The van der Waals surface area contributed by atoms with E-state index in [1.54, 1.807) is 12.4 Å². The van der Waals surface area contributed by atoms with Gasteiger partial charge < -0.3 is 5.32 Å². The first kappa shape index (κ1) is 6.84. The molecule has 1 rings (SSSR count). The van der Waals surface area contributed by atoms with Gasteiger partial charge in [0.2, 0.25) is 0 Å². The van der Waals surface area contributed by atoms with Crippen LogP contribution in [0.5, 0.6) is 0 Å². The van der Waals surface area contributed by atoms with Gasteiger partial charge in [0.1, 0.15) is 0 Å². The maximum absolute atomic E-state index is 3.75. The first-order chi connectivity index (χ1) is 4.93. The summed E-state index contributed by atoms with van der Waals surface area (Å²) in [6.07, 6.45) is 3.46. The lowest BCUT2D eigenvalue weighted by atomic mass is 10.4. The van der Waals surface area contributed by atoms with Crippen molar-refractivity contribution in [2.75, 3.05) is 13.6 Å². The minimum atomic E-state index is 0.713. The number of hydrogen-bond acceptors (Lipinski definition) is 2. The maximum atomic E-state index is 3.75. The molecule has 3 nitrogen and oxygen atoms in total. The summed E-state index contributed by atoms with van der Waals surface area (Å²) in [6.45, 7) is 0.713. The van der Waals surface area contributed by atoms with Crippen molar-refractivity contribution in [3.63, 3.8) is 0 Å². The van der Waals surface area contributed by atoms with Crippen LogP contribution in [0.4, 0.5) is 0 Å². The molecule has 0 amide bonds. The van der Waals surface area contributed by atoms with Gasteiger partial charge in [-0.05, 0) is 7.05 Å². The minimum Gasteiger partial charge on any atom is -0.309 e. The molecule has 1 aromatic rings. The standard InChI is InChI=1S/C7H9N3/c1-8-4-2-3-7-5-9-10-6-7/h5-6,8H,4H2,1H3,(H,9,10). The van der Waals surface area contributed by atoms with Crippen molar-refractivity contribution in [2.24, 2.45) is 0 Å². The first-order valence-electron chi connectivity index (χ1n) is 3.05. The van der Waals surface area contributed by atoms with Gasteiger partial charge in [-0.1, -0.05) is 11.8 Å². The number of hydrogen-bond donors (Lipinski definition) is 2. The third kappa shape index (κ3) is 1.92. The Hall–Kier alpha value is -1.27. The zero-order valence-electron chi connectivity index (χ0n) is 5.81. The Balaban J connectivity index is 2.49. The van der Waals surface area contributed by atoms with E-state index in [-0.39, 0.29) is 0 Å². The Morgan fingerprint density at radius 2 is 2.70 bits per heavy atom. The molecule has 0 unspecified atom stereocenters. The van der Waals surface area contributed by atoms with Crippen LogP contribution in [0.2, 0.25) is 0 Å². The van der Waals surface area contributed by atoms with E-state index in [4.69, 9.17) is 0 Å². The maximum Gasteiger partial charge on any atom is 0.0644 e. The van der Waals surface area contributed by atoms with E-state index >= 15 is 0 Å². The third-order valence-electron chi connectivity index (χ3n) is 0.996. The molecule has 52 valence electrons. The molecule has 0 aromatic carbocycles. The van der Waals surface area contributed by atoms with Crippen LogP contribution in [0.15, 0.2) is 12.4 Å². The van der Waals surface area contributed by atoms with Gasteiger partial charge in [-0.3, -0.25) is 5.10 Å². The molecule has 0 aliphatic heterocycles. The molecule has 0 atom stereocenters. The normalized spacial score (nSPS) is 8.50. The molecule has 0 saturated heterocycles. The van der Waals surface area contributed by atoms with Crippen molar-refractivity contribution >= 4 is 0 Å². The van der Waals surface area contributed by atoms with Crippen LogP contribution in [-0.2, 0) is 0 Å². The van der Waals surface area contributed by atoms with Gasteiger partial charge in [-0.2, -0.15) is 5.10 Å². The molecule has 10 heavy (non-hydrogen) atoms. The molecule has 3 heteroatoms. The van der Waals surface area contributed by atoms with E-state index in [0.717, 1.165) is 5.56 Å². The number of aromatic amines is 1. The van der Waals surface area contributed by atoms with Crippen LogP contribution in [0.25, 0.3) is 0 Å². The number of H-pyrrole nitrogens is 1. The van der Waals surface area contributed by atoms with Crippen molar-refractivity contribution in [1.29, 1.82) is 0 Å². The van der Waals surface area contributed by atoms with Crippen LogP contribution in [0.1, 0.15) is 5.56 Å². The molecule has 2 N–H and O–H groups in total. The van der Waals surface area contributed by atoms with E-state index in [0.29, 0.717) is 6.54 Å². The lowest BCUT2D eigenvalue weighted by Gasteiger charge is -1.80.